The van der Waals surface area contributed by atoms with Crippen LogP contribution in [-0.2, 0) is 0 Å². The van der Waals surface area contributed by atoms with Crippen LogP contribution >= 0.6 is 0 Å². The Morgan fingerprint density at radius 3 is 2.08 bits per heavy atom. The lowest BCUT2D eigenvalue weighted by Crippen LogP contribution is -2.37. The molecule has 0 fully saturated rings. The zero-order valence-corrected chi connectivity index (χ0v) is 9.21. The molecule has 2 heteroatoms. The minimum Gasteiger partial charge on any atom is -0.365 e. The topological polar surface area (TPSA) is 40.5 Å². The molecule has 1 atom stereocenters. The van der Waals surface area contributed by atoms with Gasteiger partial charge >= 0.3 is 0 Å². The minimum absolute atomic E-state index is 0.0454. The summed E-state index contributed by atoms with van der Waals surface area (Å²) in [7, 11) is 0. The van der Waals surface area contributed by atoms with Crippen LogP contribution in [0.15, 0.2) is 0 Å². The summed E-state index contributed by atoms with van der Waals surface area (Å²) in [6, 6.07) is 0. The molecule has 0 aliphatic rings. The summed E-state index contributed by atoms with van der Waals surface area (Å²) >= 11 is 0. The van der Waals surface area contributed by atoms with E-state index in [0.29, 0.717) is 6.42 Å². The molecule has 0 aromatic rings. The molecule has 80 valence electrons. The molecule has 0 saturated heterocycles. The van der Waals surface area contributed by atoms with E-state index in [2.05, 4.69) is 13.8 Å². The molecule has 2 nitrogen and oxygen atoms in total. The van der Waals surface area contributed by atoms with Gasteiger partial charge in [-0.2, -0.15) is 0 Å². The highest BCUT2D eigenvalue weighted by Crippen LogP contribution is 2.27. The molecule has 0 saturated carbocycles. The maximum absolute atomic E-state index is 9.79. The standard InChI is InChI=1S/C11H24O2/c1-4-7-9-11(12,13)10(6-3)8-5-2/h10,12-13H,4-9H2,1-3H3. The van der Waals surface area contributed by atoms with E-state index in [1.165, 1.54) is 0 Å². The summed E-state index contributed by atoms with van der Waals surface area (Å²) in [5.41, 5.74) is 0. The Morgan fingerprint density at radius 1 is 1.08 bits per heavy atom. The van der Waals surface area contributed by atoms with E-state index in [9.17, 15) is 10.2 Å². The average molecular weight is 188 g/mol. The zero-order chi connectivity index (χ0) is 10.3. The first kappa shape index (κ1) is 12.9. The lowest BCUT2D eigenvalue weighted by atomic mass is 9.88. The maximum atomic E-state index is 9.79. The van der Waals surface area contributed by atoms with Gasteiger partial charge in [-0.25, -0.2) is 0 Å². The molecular weight excluding hydrogens is 164 g/mol. The van der Waals surface area contributed by atoms with Crippen molar-refractivity contribution in [2.24, 2.45) is 5.92 Å². The molecule has 0 spiro atoms. The Balaban J connectivity index is 4.03. The largest absolute Gasteiger partial charge is 0.365 e. The van der Waals surface area contributed by atoms with Gasteiger partial charge in [-0.15, -0.1) is 0 Å². The number of rotatable bonds is 7. The Labute approximate surface area is 82.0 Å². The van der Waals surface area contributed by atoms with Crippen molar-refractivity contribution in [1.29, 1.82) is 0 Å². The van der Waals surface area contributed by atoms with Gasteiger partial charge in [0.05, 0.1) is 0 Å². The first-order chi connectivity index (χ1) is 6.08. The molecule has 0 bridgehead atoms. The van der Waals surface area contributed by atoms with Crippen molar-refractivity contribution >= 4 is 0 Å². The van der Waals surface area contributed by atoms with Crippen molar-refractivity contribution in [3.05, 3.63) is 0 Å². The van der Waals surface area contributed by atoms with E-state index < -0.39 is 5.79 Å². The monoisotopic (exact) mass is 188 g/mol. The summed E-state index contributed by atoms with van der Waals surface area (Å²) in [6.45, 7) is 6.17. The Bertz CT molecular complexity index is 121. The highest BCUT2D eigenvalue weighted by molar-refractivity contribution is 4.74. The van der Waals surface area contributed by atoms with E-state index >= 15 is 0 Å². The summed E-state index contributed by atoms with van der Waals surface area (Å²) in [6.07, 6.45) is 5.21. The molecule has 0 heterocycles. The molecule has 2 N–H and O–H groups in total. The number of unbranched alkanes of at least 4 members (excludes halogenated alkanes) is 1. The first-order valence-electron chi connectivity index (χ1n) is 5.53. The quantitative estimate of drug-likeness (QED) is 0.603. The lowest BCUT2D eigenvalue weighted by molar-refractivity contribution is -0.207. The van der Waals surface area contributed by atoms with Gasteiger partial charge in [0, 0.05) is 12.3 Å². The van der Waals surface area contributed by atoms with Crippen molar-refractivity contribution in [3.8, 4) is 0 Å². The summed E-state index contributed by atoms with van der Waals surface area (Å²) < 4.78 is 0. The summed E-state index contributed by atoms with van der Waals surface area (Å²) in [4.78, 5) is 0. The second-order valence-corrected chi connectivity index (χ2v) is 3.88. The highest BCUT2D eigenvalue weighted by Gasteiger charge is 2.31. The molecule has 0 aliphatic heterocycles. The molecule has 0 aromatic heterocycles. The minimum atomic E-state index is -1.43. The maximum Gasteiger partial charge on any atom is 0.165 e. The number of aliphatic hydroxyl groups is 2. The predicted molar refractivity (Wildman–Crippen MR) is 55.4 cm³/mol. The second kappa shape index (κ2) is 6.39. The Hall–Kier alpha value is -0.0800. The van der Waals surface area contributed by atoms with Gasteiger partial charge in [-0.1, -0.05) is 33.6 Å². The Kier molecular flexibility index (Phi) is 6.35. The average Bonchev–Trinajstić information content (AvgIpc) is 2.10. The van der Waals surface area contributed by atoms with Crippen molar-refractivity contribution in [3.63, 3.8) is 0 Å². The Morgan fingerprint density at radius 2 is 1.69 bits per heavy atom. The van der Waals surface area contributed by atoms with Gasteiger partial charge in [0.1, 0.15) is 0 Å². The van der Waals surface area contributed by atoms with Gasteiger partial charge < -0.3 is 10.2 Å². The predicted octanol–water partition coefficient (Wildman–Crippen LogP) is 2.68. The van der Waals surface area contributed by atoms with Crippen LogP contribution in [0.5, 0.6) is 0 Å². The second-order valence-electron chi connectivity index (χ2n) is 3.88. The smallest absolute Gasteiger partial charge is 0.165 e. The van der Waals surface area contributed by atoms with Crippen molar-refractivity contribution < 1.29 is 10.2 Å². The van der Waals surface area contributed by atoms with Gasteiger partial charge in [-0.05, 0) is 19.3 Å². The third kappa shape index (κ3) is 4.63. The fraction of sp³-hybridized carbons (Fsp3) is 1.00. The molecule has 1 unspecified atom stereocenters. The van der Waals surface area contributed by atoms with Crippen molar-refractivity contribution in [2.75, 3.05) is 0 Å². The third-order valence-corrected chi connectivity index (χ3v) is 2.68. The fourth-order valence-electron chi connectivity index (χ4n) is 1.75. The highest BCUT2D eigenvalue weighted by atomic mass is 16.5. The van der Waals surface area contributed by atoms with E-state index in [1.54, 1.807) is 0 Å². The van der Waals surface area contributed by atoms with Crippen LogP contribution in [0.3, 0.4) is 0 Å². The van der Waals surface area contributed by atoms with E-state index in [4.69, 9.17) is 0 Å². The molecule has 0 amide bonds. The van der Waals surface area contributed by atoms with Gasteiger partial charge in [-0.3, -0.25) is 0 Å². The van der Waals surface area contributed by atoms with Crippen LogP contribution in [-0.4, -0.2) is 16.0 Å². The molecule has 0 aliphatic carbocycles. The van der Waals surface area contributed by atoms with Crippen molar-refractivity contribution in [1.82, 2.24) is 0 Å². The molecule has 0 radical (unpaired) electrons. The molecule has 0 rings (SSSR count). The van der Waals surface area contributed by atoms with Crippen LogP contribution in [0.25, 0.3) is 0 Å². The van der Waals surface area contributed by atoms with E-state index in [-0.39, 0.29) is 5.92 Å². The van der Waals surface area contributed by atoms with Crippen molar-refractivity contribution in [2.45, 2.75) is 65.1 Å². The van der Waals surface area contributed by atoms with Crippen LogP contribution in [0, 0.1) is 5.92 Å². The van der Waals surface area contributed by atoms with Crippen LogP contribution in [0.1, 0.15) is 59.3 Å². The van der Waals surface area contributed by atoms with E-state index in [0.717, 1.165) is 32.1 Å². The van der Waals surface area contributed by atoms with Gasteiger partial charge in [0.2, 0.25) is 0 Å². The molecular formula is C11H24O2. The number of hydrogen-bond acceptors (Lipinski definition) is 2. The van der Waals surface area contributed by atoms with Gasteiger partial charge in [0.25, 0.3) is 0 Å². The fourth-order valence-corrected chi connectivity index (χ4v) is 1.75. The van der Waals surface area contributed by atoms with Crippen LogP contribution in [0.2, 0.25) is 0 Å². The SMILES string of the molecule is CCCCC(O)(O)C(CC)CCC. The van der Waals surface area contributed by atoms with Crippen LogP contribution in [0.4, 0.5) is 0 Å². The first-order valence-corrected chi connectivity index (χ1v) is 5.53. The number of hydrogen-bond donors (Lipinski definition) is 2. The molecule has 13 heavy (non-hydrogen) atoms. The summed E-state index contributed by atoms with van der Waals surface area (Å²) in [5, 5.41) is 19.6. The normalized spacial score (nSPS) is 14.5. The lowest BCUT2D eigenvalue weighted by Gasteiger charge is -2.30. The van der Waals surface area contributed by atoms with Crippen LogP contribution < -0.4 is 0 Å². The third-order valence-electron chi connectivity index (χ3n) is 2.68. The zero-order valence-electron chi connectivity index (χ0n) is 9.21. The van der Waals surface area contributed by atoms with E-state index in [1.807, 2.05) is 6.92 Å². The molecule has 0 aromatic carbocycles. The van der Waals surface area contributed by atoms with Gasteiger partial charge in [0.15, 0.2) is 5.79 Å². The summed E-state index contributed by atoms with van der Waals surface area (Å²) in [5.74, 6) is -1.38.